The zero-order valence-electron chi connectivity index (χ0n) is 16.3. The van der Waals surface area contributed by atoms with Gasteiger partial charge in [-0.2, -0.15) is 5.11 Å². The van der Waals surface area contributed by atoms with Crippen molar-refractivity contribution in [1.82, 2.24) is 5.01 Å². The molecule has 2 heterocycles. The highest BCUT2D eigenvalue weighted by molar-refractivity contribution is 6.36. The Kier molecular flexibility index (Phi) is 5.79. The van der Waals surface area contributed by atoms with Crippen LogP contribution in [0.5, 0.6) is 5.75 Å². The third-order valence-electron chi connectivity index (χ3n) is 4.77. The van der Waals surface area contributed by atoms with Gasteiger partial charge in [0.25, 0.3) is 11.8 Å². The molecule has 0 aliphatic carbocycles. The summed E-state index contributed by atoms with van der Waals surface area (Å²) in [6.45, 7) is 2.09. The normalized spacial score (nSPS) is 19.7. The van der Waals surface area contributed by atoms with E-state index in [1.807, 2.05) is 6.92 Å². The lowest BCUT2D eigenvalue weighted by atomic mass is 10.1. The van der Waals surface area contributed by atoms with E-state index in [1.165, 1.54) is 11.1 Å². The van der Waals surface area contributed by atoms with Gasteiger partial charge >= 0.3 is 0 Å². The number of carbonyl (C=O) groups excluding carboxylic acids is 3. The molecule has 1 fully saturated rings. The standard InChI is InChI=1S/C20H17Cl2N5O4/c1-2-31-13-6-4-12(5-7-13)27-19(29)17-18(20(27)30)26(25-24-17)10-16(28)23-15-8-3-11(21)9-14(15)22/h3-9,17-18H,2,10H2,1H3,(H,23,28)/t17-,18+/m0/s1. The van der Waals surface area contributed by atoms with Crippen molar-refractivity contribution in [1.29, 1.82) is 0 Å². The van der Waals surface area contributed by atoms with Crippen LogP contribution >= 0.6 is 23.2 Å². The molecule has 2 aliphatic heterocycles. The van der Waals surface area contributed by atoms with Crippen molar-refractivity contribution in [2.24, 2.45) is 10.3 Å². The minimum Gasteiger partial charge on any atom is -0.494 e. The van der Waals surface area contributed by atoms with Gasteiger partial charge < -0.3 is 10.1 Å². The van der Waals surface area contributed by atoms with Gasteiger partial charge in [-0.15, -0.1) is 0 Å². The van der Waals surface area contributed by atoms with Crippen LogP contribution in [0, 0.1) is 0 Å². The second kappa shape index (κ2) is 8.52. The van der Waals surface area contributed by atoms with Gasteiger partial charge in [0.1, 0.15) is 12.3 Å². The molecule has 0 radical (unpaired) electrons. The number of imide groups is 1. The lowest BCUT2D eigenvalue weighted by molar-refractivity contribution is -0.123. The molecule has 4 rings (SSSR count). The number of rotatable bonds is 6. The van der Waals surface area contributed by atoms with Crippen LogP contribution in [-0.2, 0) is 14.4 Å². The lowest BCUT2D eigenvalue weighted by Gasteiger charge is -2.20. The molecular weight excluding hydrogens is 445 g/mol. The Hall–Kier alpha value is -3.17. The number of ether oxygens (including phenoxy) is 1. The molecule has 0 saturated carbocycles. The van der Waals surface area contributed by atoms with Crippen molar-refractivity contribution in [3.63, 3.8) is 0 Å². The fraction of sp³-hybridized carbons (Fsp3) is 0.250. The van der Waals surface area contributed by atoms with E-state index in [9.17, 15) is 14.4 Å². The third kappa shape index (κ3) is 4.06. The van der Waals surface area contributed by atoms with Crippen molar-refractivity contribution in [2.45, 2.75) is 19.0 Å². The van der Waals surface area contributed by atoms with E-state index >= 15 is 0 Å². The number of hydrogen-bond acceptors (Lipinski definition) is 7. The monoisotopic (exact) mass is 461 g/mol. The Morgan fingerprint density at radius 1 is 1.13 bits per heavy atom. The van der Waals surface area contributed by atoms with E-state index in [0.717, 1.165) is 4.90 Å². The number of hydrogen-bond donors (Lipinski definition) is 1. The summed E-state index contributed by atoms with van der Waals surface area (Å²) in [6.07, 6.45) is 0. The zero-order chi connectivity index (χ0) is 22.1. The van der Waals surface area contributed by atoms with Crippen molar-refractivity contribution in [2.75, 3.05) is 23.4 Å². The lowest BCUT2D eigenvalue weighted by Crippen LogP contribution is -2.43. The largest absolute Gasteiger partial charge is 0.494 e. The fourth-order valence-electron chi connectivity index (χ4n) is 3.39. The van der Waals surface area contributed by atoms with Crippen LogP contribution in [0.2, 0.25) is 10.0 Å². The van der Waals surface area contributed by atoms with Crippen molar-refractivity contribution in [3.8, 4) is 5.75 Å². The number of carbonyl (C=O) groups is 3. The summed E-state index contributed by atoms with van der Waals surface area (Å²) in [4.78, 5) is 39.3. The highest BCUT2D eigenvalue weighted by Gasteiger charge is 2.55. The summed E-state index contributed by atoms with van der Waals surface area (Å²) in [7, 11) is 0. The van der Waals surface area contributed by atoms with E-state index in [-0.39, 0.29) is 11.6 Å². The van der Waals surface area contributed by atoms with Gasteiger partial charge in [-0.05, 0) is 49.4 Å². The average molecular weight is 462 g/mol. The van der Waals surface area contributed by atoms with E-state index in [0.29, 0.717) is 28.8 Å². The predicted octanol–water partition coefficient (Wildman–Crippen LogP) is 3.32. The number of nitrogens with zero attached hydrogens (tertiary/aromatic N) is 4. The molecule has 0 unspecified atom stereocenters. The maximum atomic E-state index is 13.0. The number of halogens is 2. The minimum absolute atomic E-state index is 0.274. The molecule has 160 valence electrons. The number of amides is 3. The zero-order valence-corrected chi connectivity index (χ0v) is 17.8. The number of anilines is 2. The summed E-state index contributed by atoms with van der Waals surface area (Å²) in [5.74, 6) is -0.832. The molecule has 2 aromatic rings. The summed E-state index contributed by atoms with van der Waals surface area (Å²) >= 11 is 11.9. The Balaban J connectivity index is 1.47. The average Bonchev–Trinajstić information content (AvgIpc) is 3.25. The van der Waals surface area contributed by atoms with Crippen LogP contribution in [0.1, 0.15) is 6.92 Å². The van der Waals surface area contributed by atoms with E-state index in [4.69, 9.17) is 27.9 Å². The van der Waals surface area contributed by atoms with Crippen LogP contribution in [0.3, 0.4) is 0 Å². The molecule has 9 nitrogen and oxygen atoms in total. The smallest absolute Gasteiger partial charge is 0.263 e. The fourth-order valence-corrected chi connectivity index (χ4v) is 3.85. The molecule has 1 saturated heterocycles. The van der Waals surface area contributed by atoms with Crippen LogP contribution < -0.4 is 15.0 Å². The Morgan fingerprint density at radius 2 is 1.87 bits per heavy atom. The molecule has 2 atom stereocenters. The van der Waals surface area contributed by atoms with Crippen molar-refractivity contribution < 1.29 is 19.1 Å². The van der Waals surface area contributed by atoms with E-state index in [2.05, 4.69) is 15.7 Å². The van der Waals surface area contributed by atoms with Gasteiger partial charge in [0.05, 0.1) is 23.0 Å². The van der Waals surface area contributed by atoms with Gasteiger partial charge in [-0.3, -0.25) is 19.4 Å². The first-order chi connectivity index (χ1) is 14.9. The third-order valence-corrected chi connectivity index (χ3v) is 5.32. The van der Waals surface area contributed by atoms with E-state index < -0.39 is 29.8 Å². The number of benzene rings is 2. The maximum absolute atomic E-state index is 13.0. The molecule has 31 heavy (non-hydrogen) atoms. The highest BCUT2D eigenvalue weighted by Crippen LogP contribution is 2.32. The van der Waals surface area contributed by atoms with Crippen molar-refractivity contribution >= 4 is 52.3 Å². The molecule has 2 aromatic carbocycles. The van der Waals surface area contributed by atoms with Gasteiger partial charge in [0, 0.05) is 5.02 Å². The van der Waals surface area contributed by atoms with Crippen LogP contribution in [0.15, 0.2) is 52.8 Å². The summed E-state index contributed by atoms with van der Waals surface area (Å²) in [5.41, 5.74) is 0.772. The van der Waals surface area contributed by atoms with Gasteiger partial charge in [-0.1, -0.05) is 28.4 Å². The van der Waals surface area contributed by atoms with Crippen LogP contribution in [0.4, 0.5) is 11.4 Å². The van der Waals surface area contributed by atoms with Gasteiger partial charge in [0.15, 0.2) is 12.1 Å². The Morgan fingerprint density at radius 3 is 2.55 bits per heavy atom. The Bertz CT molecular complexity index is 1080. The van der Waals surface area contributed by atoms with Gasteiger partial charge in [-0.25, -0.2) is 4.90 Å². The van der Waals surface area contributed by atoms with E-state index in [1.54, 1.807) is 36.4 Å². The predicted molar refractivity (Wildman–Crippen MR) is 114 cm³/mol. The summed E-state index contributed by atoms with van der Waals surface area (Å²) in [5, 5.41) is 12.3. The second-order valence-corrected chi connectivity index (χ2v) is 7.65. The molecule has 0 aromatic heterocycles. The summed E-state index contributed by atoms with van der Waals surface area (Å²) in [6, 6.07) is 9.27. The molecule has 11 heteroatoms. The van der Waals surface area contributed by atoms with Crippen LogP contribution in [0.25, 0.3) is 0 Å². The SMILES string of the molecule is CCOc1ccc(N2C(=O)[C@H]3N=NN(CC(=O)Nc4ccc(Cl)cc4Cl)[C@H]3C2=O)cc1. The maximum Gasteiger partial charge on any atom is 0.263 e. The van der Waals surface area contributed by atoms with Crippen LogP contribution in [-0.4, -0.2) is 48.0 Å². The first-order valence-electron chi connectivity index (χ1n) is 9.42. The molecule has 1 N–H and O–H groups in total. The minimum atomic E-state index is -0.994. The second-order valence-electron chi connectivity index (χ2n) is 6.80. The van der Waals surface area contributed by atoms with Gasteiger partial charge in [0.2, 0.25) is 5.91 Å². The molecule has 3 amide bonds. The first-order valence-corrected chi connectivity index (χ1v) is 10.2. The summed E-state index contributed by atoms with van der Waals surface area (Å²) < 4.78 is 5.38. The molecular formula is C20H17Cl2N5O4. The molecule has 2 aliphatic rings. The highest BCUT2D eigenvalue weighted by atomic mass is 35.5. The molecule has 0 bridgehead atoms. The number of fused-ring (bicyclic) bond motifs is 1. The number of nitrogens with one attached hydrogen (secondary N) is 1. The Labute approximate surface area is 187 Å². The topological polar surface area (TPSA) is 104 Å². The van der Waals surface area contributed by atoms with Crippen molar-refractivity contribution in [3.05, 3.63) is 52.5 Å². The quantitative estimate of drug-likeness (QED) is 0.664. The molecule has 0 spiro atoms. The first kappa shape index (κ1) is 21.1.